The van der Waals surface area contributed by atoms with Crippen molar-refractivity contribution in [3.63, 3.8) is 0 Å². The summed E-state index contributed by atoms with van der Waals surface area (Å²) in [4.78, 5) is 37.1. The molecule has 0 saturated heterocycles. The Balaban J connectivity index is 4.87. The van der Waals surface area contributed by atoms with Crippen molar-refractivity contribution in [3.8, 4) is 0 Å². The first-order chi connectivity index (χ1) is 12.2. The summed E-state index contributed by atoms with van der Waals surface area (Å²) in [7, 11) is 0. The Labute approximate surface area is 161 Å². The van der Waals surface area contributed by atoms with Crippen LogP contribution < -0.4 is 0 Å². The van der Waals surface area contributed by atoms with Gasteiger partial charge in [-0.05, 0) is 54.5 Å². The summed E-state index contributed by atoms with van der Waals surface area (Å²) in [5.74, 6) is -0.798. The molecule has 1 atom stereocenters. The topological polar surface area (TPSA) is 91.4 Å². The molecule has 2 amide bonds. The third-order valence-corrected chi connectivity index (χ3v) is 2.58. The van der Waals surface area contributed by atoms with Crippen molar-refractivity contribution < 1.29 is 33.3 Å². The standard InChI is InChI=1S/C19H31NO7/c1-9-14(2)24-11-10-12-25-15(21)13-20(16(22)26-18(3,4)5)17(23)27-19(6,7)8/h9-11,14H,1,12-13H2,2-8H3/b11-10+/t14-/m0/s1. The average Bonchev–Trinajstić information content (AvgIpc) is 2.48. The smallest absolute Gasteiger partial charge is 0.420 e. The van der Waals surface area contributed by atoms with Crippen molar-refractivity contribution in [3.05, 3.63) is 25.0 Å². The summed E-state index contributed by atoms with van der Waals surface area (Å²) in [5, 5.41) is 0. The van der Waals surface area contributed by atoms with Gasteiger partial charge in [-0.3, -0.25) is 4.79 Å². The lowest BCUT2D eigenvalue weighted by Gasteiger charge is -2.28. The number of rotatable bonds is 7. The Kier molecular flexibility index (Phi) is 9.61. The van der Waals surface area contributed by atoms with Gasteiger partial charge in [0, 0.05) is 0 Å². The number of amides is 2. The third-order valence-electron chi connectivity index (χ3n) is 2.58. The molecule has 0 aromatic rings. The highest BCUT2D eigenvalue weighted by atomic mass is 16.6. The lowest BCUT2D eigenvalue weighted by Crippen LogP contribution is -2.46. The van der Waals surface area contributed by atoms with Crippen molar-refractivity contribution in [1.82, 2.24) is 4.90 Å². The maximum atomic E-state index is 12.3. The largest absolute Gasteiger partial charge is 0.494 e. The molecule has 0 heterocycles. The average molecular weight is 385 g/mol. The molecule has 0 aliphatic rings. The first-order valence-electron chi connectivity index (χ1n) is 8.57. The quantitative estimate of drug-likeness (QED) is 0.285. The van der Waals surface area contributed by atoms with E-state index in [-0.39, 0.29) is 12.7 Å². The molecule has 0 unspecified atom stereocenters. The number of carbonyl (C=O) groups excluding carboxylic acids is 3. The molecular formula is C19H31NO7. The molecule has 0 radical (unpaired) electrons. The number of hydrogen-bond donors (Lipinski definition) is 0. The maximum absolute atomic E-state index is 12.3. The molecule has 0 aliphatic heterocycles. The molecule has 154 valence electrons. The first-order valence-corrected chi connectivity index (χ1v) is 8.57. The highest BCUT2D eigenvalue weighted by molar-refractivity contribution is 5.92. The van der Waals surface area contributed by atoms with Crippen LogP contribution in [0.4, 0.5) is 9.59 Å². The van der Waals surface area contributed by atoms with Gasteiger partial charge in [-0.25, -0.2) is 14.5 Å². The minimum Gasteiger partial charge on any atom is -0.494 e. The van der Waals surface area contributed by atoms with E-state index in [0.29, 0.717) is 4.90 Å². The van der Waals surface area contributed by atoms with Gasteiger partial charge in [0.05, 0.1) is 6.26 Å². The van der Waals surface area contributed by atoms with Crippen molar-refractivity contribution >= 4 is 18.2 Å². The molecule has 0 aromatic heterocycles. The van der Waals surface area contributed by atoms with Crippen LogP contribution in [-0.2, 0) is 23.7 Å². The second-order valence-corrected chi connectivity index (χ2v) is 7.68. The van der Waals surface area contributed by atoms with Gasteiger partial charge < -0.3 is 18.9 Å². The predicted molar refractivity (Wildman–Crippen MR) is 100 cm³/mol. The highest BCUT2D eigenvalue weighted by Gasteiger charge is 2.33. The number of hydrogen-bond acceptors (Lipinski definition) is 7. The van der Waals surface area contributed by atoms with Gasteiger partial charge in [0.25, 0.3) is 0 Å². The number of imide groups is 1. The van der Waals surface area contributed by atoms with Crippen molar-refractivity contribution in [1.29, 1.82) is 0 Å². The summed E-state index contributed by atoms with van der Waals surface area (Å²) >= 11 is 0. The van der Waals surface area contributed by atoms with Crippen molar-refractivity contribution in [2.45, 2.75) is 65.8 Å². The third kappa shape index (κ3) is 12.5. The normalized spacial score (nSPS) is 12.9. The van der Waals surface area contributed by atoms with E-state index in [1.807, 2.05) is 0 Å². The van der Waals surface area contributed by atoms with Crippen molar-refractivity contribution in [2.24, 2.45) is 0 Å². The van der Waals surface area contributed by atoms with E-state index in [4.69, 9.17) is 18.9 Å². The fraction of sp³-hybridized carbons (Fsp3) is 0.632. The Bertz CT molecular complexity index is 527. The fourth-order valence-corrected chi connectivity index (χ4v) is 1.43. The SMILES string of the molecule is C=C[C@H](C)O/C=C/COC(=O)CN(C(=O)OC(C)(C)C)C(=O)OC(C)(C)C. The molecule has 27 heavy (non-hydrogen) atoms. The fourth-order valence-electron chi connectivity index (χ4n) is 1.43. The Morgan fingerprint density at radius 1 is 1.00 bits per heavy atom. The Morgan fingerprint density at radius 2 is 1.48 bits per heavy atom. The Hall–Kier alpha value is -2.51. The summed E-state index contributed by atoms with van der Waals surface area (Å²) in [6.07, 6.45) is 2.30. The molecule has 0 bridgehead atoms. The van der Waals surface area contributed by atoms with E-state index >= 15 is 0 Å². The molecule has 0 aromatic carbocycles. The summed E-state index contributed by atoms with van der Waals surface area (Å²) < 4.78 is 20.5. The van der Waals surface area contributed by atoms with Crippen LogP contribution in [-0.4, -0.2) is 53.5 Å². The molecule has 0 fully saturated rings. The monoisotopic (exact) mass is 385 g/mol. The second kappa shape index (κ2) is 10.6. The zero-order chi connectivity index (χ0) is 21.3. The van der Waals surface area contributed by atoms with Crippen LogP contribution in [0.15, 0.2) is 25.0 Å². The predicted octanol–water partition coefficient (Wildman–Crippen LogP) is 3.81. The van der Waals surface area contributed by atoms with Crippen LogP contribution in [0.2, 0.25) is 0 Å². The van der Waals surface area contributed by atoms with E-state index in [0.717, 1.165) is 0 Å². The van der Waals surface area contributed by atoms with Crippen LogP contribution in [0, 0.1) is 0 Å². The van der Waals surface area contributed by atoms with Gasteiger partial charge in [0.1, 0.15) is 30.5 Å². The van der Waals surface area contributed by atoms with Gasteiger partial charge in [-0.2, -0.15) is 0 Å². The first kappa shape index (κ1) is 24.5. The zero-order valence-electron chi connectivity index (χ0n) is 17.2. The van der Waals surface area contributed by atoms with Gasteiger partial charge >= 0.3 is 18.2 Å². The number of nitrogens with zero attached hydrogens (tertiary/aromatic N) is 1. The molecule has 8 heteroatoms. The molecular weight excluding hydrogens is 354 g/mol. The molecule has 8 nitrogen and oxygen atoms in total. The molecule has 0 saturated carbocycles. The summed E-state index contributed by atoms with van der Waals surface area (Å²) in [6.45, 7) is 14.5. The minimum absolute atomic E-state index is 0.0842. The lowest BCUT2D eigenvalue weighted by molar-refractivity contribution is -0.143. The van der Waals surface area contributed by atoms with Gasteiger partial charge in [-0.15, -0.1) is 0 Å². The van der Waals surface area contributed by atoms with Crippen LogP contribution >= 0.6 is 0 Å². The zero-order valence-corrected chi connectivity index (χ0v) is 17.2. The van der Waals surface area contributed by atoms with Crippen LogP contribution in [0.25, 0.3) is 0 Å². The van der Waals surface area contributed by atoms with Crippen molar-refractivity contribution in [2.75, 3.05) is 13.2 Å². The number of esters is 1. The van der Waals surface area contributed by atoms with E-state index in [9.17, 15) is 14.4 Å². The van der Waals surface area contributed by atoms with E-state index in [1.54, 1.807) is 54.5 Å². The van der Waals surface area contributed by atoms with E-state index in [1.165, 1.54) is 12.3 Å². The number of carbonyl (C=O) groups is 3. The lowest BCUT2D eigenvalue weighted by atomic mass is 10.2. The van der Waals surface area contributed by atoms with Crippen LogP contribution in [0.5, 0.6) is 0 Å². The van der Waals surface area contributed by atoms with E-state index in [2.05, 4.69) is 6.58 Å². The molecule has 0 aliphatic carbocycles. The second-order valence-electron chi connectivity index (χ2n) is 7.68. The molecule has 0 N–H and O–H groups in total. The summed E-state index contributed by atoms with van der Waals surface area (Å²) in [6, 6.07) is 0. The molecule has 0 rings (SSSR count). The van der Waals surface area contributed by atoms with Gasteiger partial charge in [0.2, 0.25) is 0 Å². The summed E-state index contributed by atoms with van der Waals surface area (Å²) in [5.41, 5.74) is -1.69. The molecule has 0 spiro atoms. The van der Waals surface area contributed by atoms with E-state index < -0.39 is 35.9 Å². The maximum Gasteiger partial charge on any atom is 0.420 e. The van der Waals surface area contributed by atoms with Gasteiger partial charge in [0.15, 0.2) is 0 Å². The highest BCUT2D eigenvalue weighted by Crippen LogP contribution is 2.14. The van der Waals surface area contributed by atoms with Crippen LogP contribution in [0.1, 0.15) is 48.5 Å². The minimum atomic E-state index is -0.993. The van der Waals surface area contributed by atoms with Crippen LogP contribution in [0.3, 0.4) is 0 Å². The number of ether oxygens (including phenoxy) is 4. The Morgan fingerprint density at radius 3 is 1.89 bits per heavy atom. The van der Waals surface area contributed by atoms with Gasteiger partial charge in [-0.1, -0.05) is 12.7 Å².